The molecule has 90 valence electrons. The van der Waals surface area contributed by atoms with E-state index in [-0.39, 0.29) is 11.9 Å². The number of halogens is 3. The molecule has 0 amide bonds. The summed E-state index contributed by atoms with van der Waals surface area (Å²) in [5, 5.41) is 0. The Morgan fingerprint density at radius 1 is 1.53 bits per heavy atom. The van der Waals surface area contributed by atoms with Gasteiger partial charge >= 0.3 is 0 Å². The van der Waals surface area contributed by atoms with Gasteiger partial charge in [-0.05, 0) is 50.1 Å². The molecule has 6 heteroatoms. The standard InChI is InChI=1S/C11H8BrFIO2P/c12-9-3-1-2-7(11(9)13)8-4-6(16-17-14)5-10(8)15/h1-4,6,17H,5H2. The van der Waals surface area contributed by atoms with Crippen molar-refractivity contribution in [1.82, 2.24) is 0 Å². The van der Waals surface area contributed by atoms with Gasteiger partial charge in [0.25, 0.3) is 0 Å². The summed E-state index contributed by atoms with van der Waals surface area (Å²) in [6.45, 7) is 0.294. The summed E-state index contributed by atoms with van der Waals surface area (Å²) in [5.74, 6) is -0.466. The number of hydrogen-bond acceptors (Lipinski definition) is 2. The first-order chi connectivity index (χ1) is 8.13. The van der Waals surface area contributed by atoms with E-state index in [1.807, 2.05) is 0 Å². The van der Waals surface area contributed by atoms with E-state index in [2.05, 4.69) is 38.0 Å². The molecule has 2 unspecified atom stereocenters. The third-order valence-corrected chi connectivity index (χ3v) is 4.24. The summed E-state index contributed by atoms with van der Waals surface area (Å²) in [4.78, 5) is 11.8. The fourth-order valence-corrected chi connectivity index (χ4v) is 3.33. The largest absolute Gasteiger partial charge is 0.344 e. The van der Waals surface area contributed by atoms with Crippen LogP contribution >= 0.6 is 44.4 Å². The Morgan fingerprint density at radius 2 is 2.29 bits per heavy atom. The molecule has 1 aromatic carbocycles. The van der Waals surface area contributed by atoms with Gasteiger partial charge < -0.3 is 4.52 Å². The number of carbonyl (C=O) groups is 1. The molecule has 0 N–H and O–H groups in total. The minimum atomic E-state index is -0.398. The maximum atomic E-state index is 13.9. The summed E-state index contributed by atoms with van der Waals surface area (Å²) in [5.41, 5.74) is 0.760. The monoisotopic (exact) mass is 428 g/mol. The summed E-state index contributed by atoms with van der Waals surface area (Å²) in [6.07, 6.45) is 1.79. The van der Waals surface area contributed by atoms with Crippen molar-refractivity contribution in [1.29, 1.82) is 0 Å². The number of allylic oxidation sites excluding steroid dienone is 1. The fraction of sp³-hybridized carbons (Fsp3) is 0.182. The van der Waals surface area contributed by atoms with Crippen LogP contribution in [-0.2, 0) is 9.32 Å². The normalized spacial score (nSPS) is 20.3. The van der Waals surface area contributed by atoms with E-state index in [0.29, 0.717) is 28.5 Å². The highest BCUT2D eigenvalue weighted by Gasteiger charge is 2.27. The van der Waals surface area contributed by atoms with Crippen LogP contribution in [-0.4, -0.2) is 11.9 Å². The third kappa shape index (κ3) is 2.95. The first kappa shape index (κ1) is 13.6. The second kappa shape index (κ2) is 5.87. The zero-order valence-corrected chi connectivity index (χ0v) is 13.3. The van der Waals surface area contributed by atoms with Gasteiger partial charge in [-0.3, -0.25) is 4.79 Å². The van der Waals surface area contributed by atoms with Crippen molar-refractivity contribution in [3.05, 3.63) is 40.1 Å². The molecule has 1 aromatic rings. The predicted octanol–water partition coefficient (Wildman–Crippen LogP) is 4.27. The molecule has 2 atom stereocenters. The van der Waals surface area contributed by atoms with Crippen LogP contribution in [0.1, 0.15) is 12.0 Å². The van der Waals surface area contributed by atoms with Crippen molar-refractivity contribution in [2.75, 3.05) is 0 Å². The molecular formula is C11H8BrFIO2P. The van der Waals surface area contributed by atoms with Gasteiger partial charge in [-0.1, -0.05) is 12.1 Å². The Kier molecular flexibility index (Phi) is 4.69. The number of benzene rings is 1. The minimum Gasteiger partial charge on any atom is -0.344 e. The Balaban J connectivity index is 2.36. The third-order valence-electron chi connectivity index (χ3n) is 2.48. The molecule has 0 saturated carbocycles. The van der Waals surface area contributed by atoms with Crippen LogP contribution in [0.15, 0.2) is 28.7 Å². The van der Waals surface area contributed by atoms with Crippen LogP contribution in [0.5, 0.6) is 0 Å². The van der Waals surface area contributed by atoms with Crippen LogP contribution in [0.4, 0.5) is 4.39 Å². The van der Waals surface area contributed by atoms with Gasteiger partial charge in [-0.2, -0.15) is 0 Å². The number of ketones is 1. The molecule has 0 aliphatic heterocycles. The molecule has 0 saturated heterocycles. The topological polar surface area (TPSA) is 26.3 Å². The van der Waals surface area contributed by atoms with Crippen LogP contribution in [0.25, 0.3) is 5.57 Å². The lowest BCUT2D eigenvalue weighted by Gasteiger charge is -2.03. The molecule has 2 nitrogen and oxygen atoms in total. The summed E-state index contributed by atoms with van der Waals surface area (Å²) in [6, 6.07) is 4.93. The zero-order valence-electron chi connectivity index (χ0n) is 8.54. The van der Waals surface area contributed by atoms with E-state index in [1.165, 1.54) is 0 Å². The first-order valence-corrected chi connectivity index (χ1v) is 9.65. The minimum absolute atomic E-state index is 0.0679. The molecule has 0 spiro atoms. The Labute approximate surface area is 121 Å². The predicted molar refractivity (Wildman–Crippen MR) is 78.9 cm³/mol. The van der Waals surface area contributed by atoms with E-state index >= 15 is 0 Å². The molecule has 0 radical (unpaired) electrons. The van der Waals surface area contributed by atoms with E-state index in [0.717, 1.165) is 0 Å². The van der Waals surface area contributed by atoms with E-state index in [4.69, 9.17) is 4.52 Å². The molecule has 2 rings (SSSR count). The van der Waals surface area contributed by atoms with Crippen LogP contribution in [0.3, 0.4) is 0 Å². The zero-order chi connectivity index (χ0) is 12.4. The second-order valence-electron chi connectivity index (χ2n) is 3.54. The smallest absolute Gasteiger partial charge is 0.166 e. The van der Waals surface area contributed by atoms with Crippen LogP contribution in [0.2, 0.25) is 0 Å². The van der Waals surface area contributed by atoms with Gasteiger partial charge in [0.15, 0.2) is 5.78 Å². The van der Waals surface area contributed by atoms with Gasteiger partial charge in [0.2, 0.25) is 0 Å². The first-order valence-electron chi connectivity index (χ1n) is 4.84. The van der Waals surface area contributed by atoms with Crippen molar-refractivity contribution in [3.63, 3.8) is 0 Å². The maximum Gasteiger partial charge on any atom is 0.166 e. The molecule has 0 fully saturated rings. The van der Waals surface area contributed by atoms with E-state index < -0.39 is 5.82 Å². The summed E-state index contributed by atoms with van der Waals surface area (Å²) in [7, 11) is 0. The lowest BCUT2D eigenvalue weighted by molar-refractivity contribution is -0.114. The molecule has 0 aromatic heterocycles. The summed E-state index contributed by atoms with van der Waals surface area (Å²) < 4.78 is 19.6. The highest BCUT2D eigenvalue weighted by molar-refractivity contribution is 14.2. The number of carbonyl (C=O) groups excluding carboxylic acids is 1. The number of rotatable bonds is 3. The lowest BCUT2D eigenvalue weighted by Crippen LogP contribution is -2.03. The van der Waals surface area contributed by atoms with E-state index in [9.17, 15) is 9.18 Å². The van der Waals surface area contributed by atoms with Crippen LogP contribution in [0, 0.1) is 5.82 Å². The lowest BCUT2D eigenvalue weighted by atomic mass is 10.0. The molecule has 1 aliphatic rings. The average molecular weight is 429 g/mol. The van der Waals surface area contributed by atoms with E-state index in [1.54, 1.807) is 24.3 Å². The average Bonchev–Trinajstić information content (AvgIpc) is 2.64. The van der Waals surface area contributed by atoms with Gasteiger partial charge in [0.1, 0.15) is 5.82 Å². The molecule has 1 aliphatic carbocycles. The Bertz CT molecular complexity index is 492. The van der Waals surface area contributed by atoms with Gasteiger partial charge in [-0.15, -0.1) is 0 Å². The maximum absolute atomic E-state index is 13.9. The Hall–Kier alpha value is 0.160. The van der Waals surface area contributed by atoms with Crippen molar-refractivity contribution >= 4 is 55.8 Å². The molecule has 0 heterocycles. The van der Waals surface area contributed by atoms with Crippen molar-refractivity contribution in [2.45, 2.75) is 12.5 Å². The number of hydrogen-bond donors (Lipinski definition) is 0. The molecule has 17 heavy (non-hydrogen) atoms. The van der Waals surface area contributed by atoms with Gasteiger partial charge in [0, 0.05) is 17.6 Å². The van der Waals surface area contributed by atoms with Gasteiger partial charge in [-0.25, -0.2) is 4.39 Å². The van der Waals surface area contributed by atoms with Crippen molar-refractivity contribution in [3.8, 4) is 0 Å². The highest BCUT2D eigenvalue weighted by Crippen LogP contribution is 2.34. The quantitative estimate of drug-likeness (QED) is 0.530. The van der Waals surface area contributed by atoms with Crippen LogP contribution < -0.4 is 0 Å². The fourth-order valence-electron chi connectivity index (χ4n) is 1.72. The summed E-state index contributed by atoms with van der Waals surface area (Å²) >= 11 is 5.22. The second-order valence-corrected chi connectivity index (χ2v) is 6.11. The van der Waals surface area contributed by atoms with Crippen molar-refractivity contribution in [2.24, 2.45) is 0 Å². The highest BCUT2D eigenvalue weighted by atomic mass is 127. The molecule has 0 bridgehead atoms. The molecular weight excluding hydrogens is 421 g/mol. The van der Waals surface area contributed by atoms with Gasteiger partial charge in [0.05, 0.1) is 17.0 Å². The SMILES string of the molecule is O=C1CC(OPI)C=C1c1cccc(Br)c1F. The number of Topliss-reactive ketones (excluding diaryl/α,β-unsaturated/α-hetero) is 1. The van der Waals surface area contributed by atoms with Crippen molar-refractivity contribution < 1.29 is 13.7 Å². The Morgan fingerprint density at radius 3 is 3.00 bits per heavy atom.